The van der Waals surface area contributed by atoms with Crippen molar-refractivity contribution < 1.29 is 8.42 Å². The standard InChI is InChI=1S/C8H16N6O2S/c1-13(6-8-10-7-11-12-8)17(15,16)14-4-2-9-3-5-14/h7,9H,2-6H2,1H3,(H,10,11,12). The van der Waals surface area contributed by atoms with Crippen molar-refractivity contribution >= 4 is 10.2 Å². The zero-order valence-corrected chi connectivity index (χ0v) is 10.4. The molecule has 0 atom stereocenters. The van der Waals surface area contributed by atoms with Crippen LogP contribution in [0, 0.1) is 0 Å². The Kier molecular flexibility index (Phi) is 3.72. The topological polar surface area (TPSA) is 94.2 Å². The lowest BCUT2D eigenvalue weighted by Gasteiger charge is -2.30. The van der Waals surface area contributed by atoms with E-state index in [1.807, 2.05) is 0 Å². The zero-order chi connectivity index (χ0) is 12.3. The molecule has 0 aromatic carbocycles. The summed E-state index contributed by atoms with van der Waals surface area (Å²) in [7, 11) is -1.86. The fourth-order valence-electron chi connectivity index (χ4n) is 1.67. The number of aromatic nitrogens is 3. The molecule has 0 radical (unpaired) electrons. The summed E-state index contributed by atoms with van der Waals surface area (Å²) in [5.41, 5.74) is 0. The van der Waals surface area contributed by atoms with Gasteiger partial charge >= 0.3 is 0 Å². The van der Waals surface area contributed by atoms with E-state index < -0.39 is 10.2 Å². The highest BCUT2D eigenvalue weighted by atomic mass is 32.2. The van der Waals surface area contributed by atoms with E-state index in [1.165, 1.54) is 14.9 Å². The normalized spacial score (nSPS) is 18.7. The van der Waals surface area contributed by atoms with Crippen LogP contribution in [0.25, 0.3) is 0 Å². The Labute approximate surface area is 100 Å². The molecule has 1 aliphatic rings. The molecule has 2 N–H and O–H groups in total. The number of hydrogen-bond donors (Lipinski definition) is 2. The van der Waals surface area contributed by atoms with E-state index in [2.05, 4.69) is 20.5 Å². The summed E-state index contributed by atoms with van der Waals surface area (Å²) in [6, 6.07) is 0. The van der Waals surface area contributed by atoms with Crippen LogP contribution in [0.2, 0.25) is 0 Å². The second-order valence-corrected chi connectivity index (χ2v) is 5.88. The third-order valence-electron chi connectivity index (χ3n) is 2.63. The average Bonchev–Trinajstić information content (AvgIpc) is 2.83. The molecule has 2 rings (SSSR count). The number of rotatable bonds is 4. The van der Waals surface area contributed by atoms with Gasteiger partial charge in [-0.1, -0.05) is 0 Å². The minimum Gasteiger partial charge on any atom is -0.314 e. The number of hydrogen-bond acceptors (Lipinski definition) is 5. The number of nitrogens with one attached hydrogen (secondary N) is 2. The van der Waals surface area contributed by atoms with Crippen molar-refractivity contribution in [2.75, 3.05) is 33.2 Å². The van der Waals surface area contributed by atoms with Crippen LogP contribution in [0.5, 0.6) is 0 Å². The lowest BCUT2D eigenvalue weighted by atomic mass is 10.4. The van der Waals surface area contributed by atoms with E-state index in [9.17, 15) is 8.42 Å². The van der Waals surface area contributed by atoms with Gasteiger partial charge in [-0.2, -0.15) is 22.1 Å². The number of aromatic amines is 1. The fourth-order valence-corrected chi connectivity index (χ4v) is 3.00. The van der Waals surface area contributed by atoms with Crippen molar-refractivity contribution in [2.45, 2.75) is 6.54 Å². The van der Waals surface area contributed by atoms with Gasteiger partial charge in [0.25, 0.3) is 10.2 Å². The van der Waals surface area contributed by atoms with Gasteiger partial charge in [0.05, 0.1) is 6.54 Å². The first-order valence-electron chi connectivity index (χ1n) is 5.37. The largest absolute Gasteiger partial charge is 0.314 e. The first-order valence-corrected chi connectivity index (χ1v) is 6.77. The molecule has 0 spiro atoms. The highest BCUT2D eigenvalue weighted by molar-refractivity contribution is 7.86. The van der Waals surface area contributed by atoms with Crippen molar-refractivity contribution in [3.63, 3.8) is 0 Å². The Morgan fingerprint density at radius 1 is 1.47 bits per heavy atom. The zero-order valence-electron chi connectivity index (χ0n) is 9.63. The van der Waals surface area contributed by atoms with Crippen molar-refractivity contribution in [1.29, 1.82) is 0 Å². The monoisotopic (exact) mass is 260 g/mol. The van der Waals surface area contributed by atoms with Gasteiger partial charge in [-0.25, -0.2) is 4.98 Å². The van der Waals surface area contributed by atoms with Crippen LogP contribution in [-0.4, -0.2) is 65.4 Å². The first-order chi connectivity index (χ1) is 8.10. The van der Waals surface area contributed by atoms with Crippen LogP contribution >= 0.6 is 0 Å². The van der Waals surface area contributed by atoms with E-state index in [0.29, 0.717) is 32.0 Å². The Morgan fingerprint density at radius 2 is 2.18 bits per heavy atom. The van der Waals surface area contributed by atoms with E-state index >= 15 is 0 Å². The smallest absolute Gasteiger partial charge is 0.282 e. The molecule has 0 amide bonds. The quantitative estimate of drug-likeness (QED) is 0.679. The van der Waals surface area contributed by atoms with Crippen molar-refractivity contribution in [1.82, 2.24) is 29.1 Å². The molecule has 2 heterocycles. The van der Waals surface area contributed by atoms with Crippen molar-refractivity contribution in [3.8, 4) is 0 Å². The van der Waals surface area contributed by atoms with E-state index in [-0.39, 0.29) is 6.54 Å². The third-order valence-corrected chi connectivity index (χ3v) is 4.57. The molecule has 8 nitrogen and oxygen atoms in total. The maximum absolute atomic E-state index is 12.2. The fraction of sp³-hybridized carbons (Fsp3) is 0.750. The second kappa shape index (κ2) is 5.08. The van der Waals surface area contributed by atoms with Gasteiger partial charge in [0, 0.05) is 33.2 Å². The molecular formula is C8H16N6O2S. The lowest BCUT2D eigenvalue weighted by molar-refractivity contribution is 0.322. The van der Waals surface area contributed by atoms with E-state index in [4.69, 9.17) is 0 Å². The van der Waals surface area contributed by atoms with Crippen LogP contribution < -0.4 is 5.32 Å². The molecule has 0 saturated carbocycles. The summed E-state index contributed by atoms with van der Waals surface area (Å²) in [5.74, 6) is 0.534. The Bertz CT molecular complexity index is 439. The first kappa shape index (κ1) is 12.4. The van der Waals surface area contributed by atoms with Crippen LogP contribution in [0.15, 0.2) is 6.33 Å². The van der Waals surface area contributed by atoms with Crippen LogP contribution in [0.1, 0.15) is 5.82 Å². The highest BCUT2D eigenvalue weighted by Crippen LogP contribution is 2.09. The predicted molar refractivity (Wildman–Crippen MR) is 61.2 cm³/mol. The molecule has 9 heteroatoms. The van der Waals surface area contributed by atoms with Gasteiger partial charge in [-0.15, -0.1) is 0 Å². The molecule has 1 fully saturated rings. The van der Waals surface area contributed by atoms with Gasteiger partial charge in [-0.05, 0) is 0 Å². The molecule has 1 aromatic rings. The van der Waals surface area contributed by atoms with Gasteiger partial charge < -0.3 is 5.32 Å². The molecule has 1 aromatic heterocycles. The number of nitrogens with zero attached hydrogens (tertiary/aromatic N) is 4. The van der Waals surface area contributed by atoms with Gasteiger partial charge in [0.15, 0.2) is 0 Å². The van der Waals surface area contributed by atoms with E-state index in [1.54, 1.807) is 7.05 Å². The molecule has 0 unspecified atom stereocenters. The molecule has 1 aliphatic heterocycles. The summed E-state index contributed by atoms with van der Waals surface area (Å²) in [5, 5.41) is 9.45. The Hall–Kier alpha value is -1.03. The Balaban J connectivity index is 2.03. The Morgan fingerprint density at radius 3 is 2.76 bits per heavy atom. The maximum atomic E-state index is 12.2. The van der Waals surface area contributed by atoms with Crippen LogP contribution in [-0.2, 0) is 16.8 Å². The summed E-state index contributed by atoms with van der Waals surface area (Å²) < 4.78 is 27.1. The summed E-state index contributed by atoms with van der Waals surface area (Å²) in [4.78, 5) is 3.91. The molecule has 0 aliphatic carbocycles. The summed E-state index contributed by atoms with van der Waals surface area (Å²) in [6.07, 6.45) is 1.36. The lowest BCUT2D eigenvalue weighted by Crippen LogP contribution is -2.50. The van der Waals surface area contributed by atoms with Crippen molar-refractivity contribution in [3.05, 3.63) is 12.2 Å². The highest BCUT2D eigenvalue weighted by Gasteiger charge is 2.28. The minimum absolute atomic E-state index is 0.201. The average molecular weight is 260 g/mol. The summed E-state index contributed by atoms with van der Waals surface area (Å²) in [6.45, 7) is 2.59. The number of H-pyrrole nitrogens is 1. The SMILES string of the molecule is CN(Cc1ncn[nH]1)S(=O)(=O)N1CCNCC1. The minimum atomic E-state index is -3.40. The van der Waals surface area contributed by atoms with Gasteiger partial charge in [-0.3, -0.25) is 5.10 Å². The molecular weight excluding hydrogens is 244 g/mol. The van der Waals surface area contributed by atoms with Gasteiger partial charge in [0.1, 0.15) is 12.2 Å². The molecule has 0 bridgehead atoms. The summed E-state index contributed by atoms with van der Waals surface area (Å²) >= 11 is 0. The molecule has 96 valence electrons. The third kappa shape index (κ3) is 2.80. The van der Waals surface area contributed by atoms with Crippen LogP contribution in [0.3, 0.4) is 0 Å². The molecule has 17 heavy (non-hydrogen) atoms. The van der Waals surface area contributed by atoms with Crippen LogP contribution in [0.4, 0.5) is 0 Å². The second-order valence-electron chi connectivity index (χ2n) is 3.85. The van der Waals surface area contributed by atoms with Gasteiger partial charge in [0.2, 0.25) is 0 Å². The molecule has 1 saturated heterocycles. The predicted octanol–water partition coefficient (Wildman–Crippen LogP) is -1.61. The maximum Gasteiger partial charge on any atom is 0.282 e. The number of piperazine rings is 1. The van der Waals surface area contributed by atoms with Crippen molar-refractivity contribution in [2.24, 2.45) is 0 Å². The van der Waals surface area contributed by atoms with E-state index in [0.717, 1.165) is 0 Å².